The number of rotatable bonds is 4. The second kappa shape index (κ2) is 6.54. The highest BCUT2D eigenvalue weighted by molar-refractivity contribution is 7.13. The second-order valence-corrected chi connectivity index (χ2v) is 5.90. The Bertz CT molecular complexity index is 714. The van der Waals surface area contributed by atoms with Crippen LogP contribution in [0.2, 0.25) is 0 Å². The molecule has 0 unspecified atom stereocenters. The molecule has 0 spiro atoms. The quantitative estimate of drug-likeness (QED) is 0.784. The molecule has 0 radical (unpaired) electrons. The van der Waals surface area contributed by atoms with Gasteiger partial charge in [0, 0.05) is 5.38 Å². The number of hydrogen-bond acceptors (Lipinski definition) is 3. The van der Waals surface area contributed by atoms with Crippen molar-refractivity contribution in [1.29, 1.82) is 0 Å². The van der Waals surface area contributed by atoms with E-state index in [4.69, 9.17) is 0 Å². The Kier molecular flexibility index (Phi) is 4.30. The molecule has 0 bridgehead atoms. The molecule has 0 atom stereocenters. The Morgan fingerprint density at radius 1 is 1.00 bits per heavy atom. The minimum atomic E-state index is -0.341. The normalized spacial score (nSPS) is 10.6. The van der Waals surface area contributed by atoms with Crippen molar-refractivity contribution in [3.05, 3.63) is 82.9 Å². The van der Waals surface area contributed by atoms with Crippen LogP contribution in [0.15, 0.2) is 66.0 Å². The molecule has 1 amide bonds. The maximum Gasteiger partial charge on any atom is 0.238 e. The lowest BCUT2D eigenvalue weighted by atomic mass is 9.90. The fourth-order valence-electron chi connectivity index (χ4n) is 2.38. The number of aryl methyl sites for hydroxylation is 1. The topological polar surface area (TPSA) is 42.0 Å². The summed E-state index contributed by atoms with van der Waals surface area (Å²) in [6.45, 7) is 1.91. The van der Waals surface area contributed by atoms with Gasteiger partial charge in [-0.05, 0) is 18.1 Å². The zero-order valence-electron chi connectivity index (χ0n) is 12.2. The summed E-state index contributed by atoms with van der Waals surface area (Å²) in [5, 5.41) is 5.49. The molecule has 1 N–H and O–H groups in total. The number of thiazole rings is 1. The molecule has 1 aromatic heterocycles. The van der Waals surface area contributed by atoms with E-state index in [0.717, 1.165) is 16.8 Å². The Balaban J connectivity index is 1.93. The van der Waals surface area contributed by atoms with Crippen LogP contribution in [0.4, 0.5) is 5.13 Å². The zero-order chi connectivity index (χ0) is 15.4. The molecule has 110 valence electrons. The number of aromatic nitrogens is 1. The summed E-state index contributed by atoms with van der Waals surface area (Å²) in [4.78, 5) is 17.1. The predicted octanol–water partition coefficient (Wildman–Crippen LogP) is 4.22. The van der Waals surface area contributed by atoms with E-state index in [0.29, 0.717) is 5.13 Å². The van der Waals surface area contributed by atoms with Crippen LogP contribution in [-0.2, 0) is 4.79 Å². The number of amides is 1. The van der Waals surface area contributed by atoms with Gasteiger partial charge in [-0.2, -0.15) is 0 Å². The van der Waals surface area contributed by atoms with Crippen LogP contribution in [0.25, 0.3) is 0 Å². The highest BCUT2D eigenvalue weighted by atomic mass is 32.1. The molecule has 0 aliphatic heterocycles. The maximum atomic E-state index is 12.8. The molecule has 3 rings (SSSR count). The lowest BCUT2D eigenvalue weighted by molar-refractivity contribution is -0.116. The molecule has 0 saturated carbocycles. The molecule has 0 aliphatic rings. The minimum Gasteiger partial charge on any atom is -0.301 e. The van der Waals surface area contributed by atoms with Gasteiger partial charge in [-0.15, -0.1) is 11.3 Å². The van der Waals surface area contributed by atoms with Gasteiger partial charge in [-0.1, -0.05) is 60.7 Å². The molecule has 3 aromatic rings. The fourth-order valence-corrected chi connectivity index (χ4v) is 3.07. The third-order valence-electron chi connectivity index (χ3n) is 3.38. The Labute approximate surface area is 133 Å². The van der Waals surface area contributed by atoms with Crippen molar-refractivity contribution in [2.45, 2.75) is 12.8 Å². The lowest BCUT2D eigenvalue weighted by Crippen LogP contribution is -2.22. The number of nitrogens with zero attached hydrogens (tertiary/aromatic N) is 1. The Hall–Kier alpha value is -2.46. The van der Waals surface area contributed by atoms with Crippen LogP contribution in [-0.4, -0.2) is 10.9 Å². The standard InChI is InChI=1S/C18H16N2OS/c1-13-12-22-18(19-13)20-17(21)16(14-8-4-2-5-9-14)15-10-6-3-7-11-15/h2-12,16H,1H3,(H,19,20,21). The van der Waals surface area contributed by atoms with E-state index < -0.39 is 0 Å². The summed E-state index contributed by atoms with van der Waals surface area (Å²) in [5.74, 6) is -0.404. The number of hydrogen-bond donors (Lipinski definition) is 1. The Morgan fingerprint density at radius 2 is 1.55 bits per heavy atom. The third-order valence-corrected chi connectivity index (χ3v) is 4.25. The summed E-state index contributed by atoms with van der Waals surface area (Å²) < 4.78 is 0. The summed E-state index contributed by atoms with van der Waals surface area (Å²) in [6, 6.07) is 19.6. The van der Waals surface area contributed by atoms with E-state index in [1.165, 1.54) is 11.3 Å². The number of anilines is 1. The number of carbonyl (C=O) groups is 1. The molecule has 0 fully saturated rings. The summed E-state index contributed by atoms with van der Waals surface area (Å²) >= 11 is 1.44. The van der Waals surface area contributed by atoms with Gasteiger partial charge in [0.1, 0.15) is 0 Å². The molecule has 1 heterocycles. The fraction of sp³-hybridized carbons (Fsp3) is 0.111. The van der Waals surface area contributed by atoms with Gasteiger partial charge >= 0.3 is 0 Å². The van der Waals surface area contributed by atoms with E-state index >= 15 is 0 Å². The summed E-state index contributed by atoms with van der Waals surface area (Å²) in [7, 11) is 0. The van der Waals surface area contributed by atoms with Crippen molar-refractivity contribution in [1.82, 2.24) is 4.98 Å². The second-order valence-electron chi connectivity index (χ2n) is 5.04. The van der Waals surface area contributed by atoms with Crippen molar-refractivity contribution in [3.63, 3.8) is 0 Å². The van der Waals surface area contributed by atoms with Crippen LogP contribution in [0.1, 0.15) is 22.7 Å². The largest absolute Gasteiger partial charge is 0.301 e. The SMILES string of the molecule is Cc1csc(NC(=O)C(c2ccccc2)c2ccccc2)n1. The summed E-state index contributed by atoms with van der Waals surface area (Å²) in [5.41, 5.74) is 2.86. The predicted molar refractivity (Wildman–Crippen MR) is 90.2 cm³/mol. The van der Waals surface area contributed by atoms with Gasteiger partial charge in [0.25, 0.3) is 0 Å². The van der Waals surface area contributed by atoms with E-state index in [1.54, 1.807) is 0 Å². The number of nitrogens with one attached hydrogen (secondary N) is 1. The smallest absolute Gasteiger partial charge is 0.238 e. The van der Waals surface area contributed by atoms with Gasteiger partial charge in [-0.3, -0.25) is 4.79 Å². The van der Waals surface area contributed by atoms with Crippen LogP contribution >= 0.6 is 11.3 Å². The van der Waals surface area contributed by atoms with Crippen molar-refractivity contribution >= 4 is 22.4 Å². The maximum absolute atomic E-state index is 12.8. The van der Waals surface area contributed by atoms with Crippen LogP contribution in [0.3, 0.4) is 0 Å². The number of benzene rings is 2. The van der Waals surface area contributed by atoms with E-state index in [2.05, 4.69) is 10.3 Å². The third kappa shape index (κ3) is 3.23. The first-order chi connectivity index (χ1) is 10.7. The lowest BCUT2D eigenvalue weighted by Gasteiger charge is -2.16. The Morgan fingerprint density at radius 3 is 2.00 bits per heavy atom. The highest BCUT2D eigenvalue weighted by Gasteiger charge is 2.23. The van der Waals surface area contributed by atoms with Crippen LogP contribution in [0, 0.1) is 6.92 Å². The van der Waals surface area contributed by atoms with E-state index in [1.807, 2.05) is 73.0 Å². The molecular formula is C18H16N2OS. The van der Waals surface area contributed by atoms with Crippen LogP contribution < -0.4 is 5.32 Å². The van der Waals surface area contributed by atoms with Crippen molar-refractivity contribution in [2.24, 2.45) is 0 Å². The van der Waals surface area contributed by atoms with Crippen molar-refractivity contribution in [3.8, 4) is 0 Å². The van der Waals surface area contributed by atoms with Gasteiger partial charge < -0.3 is 5.32 Å². The molecule has 3 nitrogen and oxygen atoms in total. The zero-order valence-corrected chi connectivity index (χ0v) is 13.0. The monoisotopic (exact) mass is 308 g/mol. The first-order valence-electron chi connectivity index (χ1n) is 7.07. The average molecular weight is 308 g/mol. The molecule has 0 aliphatic carbocycles. The van der Waals surface area contributed by atoms with Gasteiger partial charge in [-0.25, -0.2) is 4.98 Å². The van der Waals surface area contributed by atoms with E-state index in [-0.39, 0.29) is 11.8 Å². The summed E-state index contributed by atoms with van der Waals surface area (Å²) in [6.07, 6.45) is 0. The average Bonchev–Trinajstić information content (AvgIpc) is 2.95. The van der Waals surface area contributed by atoms with Gasteiger partial charge in [0.05, 0.1) is 11.6 Å². The molecular weight excluding hydrogens is 292 g/mol. The molecule has 4 heteroatoms. The number of carbonyl (C=O) groups excluding carboxylic acids is 1. The van der Waals surface area contributed by atoms with E-state index in [9.17, 15) is 4.79 Å². The minimum absolute atomic E-state index is 0.0632. The highest BCUT2D eigenvalue weighted by Crippen LogP contribution is 2.27. The van der Waals surface area contributed by atoms with Crippen molar-refractivity contribution in [2.75, 3.05) is 5.32 Å². The molecule has 22 heavy (non-hydrogen) atoms. The van der Waals surface area contributed by atoms with Gasteiger partial charge in [0.2, 0.25) is 5.91 Å². The van der Waals surface area contributed by atoms with Crippen molar-refractivity contribution < 1.29 is 4.79 Å². The van der Waals surface area contributed by atoms with Crippen LogP contribution in [0.5, 0.6) is 0 Å². The first kappa shape index (κ1) is 14.5. The van der Waals surface area contributed by atoms with Gasteiger partial charge in [0.15, 0.2) is 5.13 Å². The first-order valence-corrected chi connectivity index (χ1v) is 7.95. The molecule has 0 saturated heterocycles. The molecule has 2 aromatic carbocycles.